The summed E-state index contributed by atoms with van der Waals surface area (Å²) >= 11 is 0. The highest BCUT2D eigenvalue weighted by molar-refractivity contribution is 5.92. The van der Waals surface area contributed by atoms with Crippen LogP contribution in [0.4, 0.5) is 5.82 Å². The Bertz CT molecular complexity index is 1410. The number of nitrogens with zero attached hydrogens (tertiary/aromatic N) is 7. The molecule has 0 amide bonds. The topological polar surface area (TPSA) is 89.0 Å². The molecule has 0 radical (unpaired) electrons. The summed E-state index contributed by atoms with van der Waals surface area (Å²) in [6.07, 6.45) is 3.24. The molecule has 0 N–H and O–H groups in total. The van der Waals surface area contributed by atoms with E-state index in [0.717, 1.165) is 60.5 Å². The number of benzene rings is 2. The van der Waals surface area contributed by atoms with E-state index in [1.807, 2.05) is 36.4 Å². The van der Waals surface area contributed by atoms with E-state index in [9.17, 15) is 0 Å². The minimum Gasteiger partial charge on any atom is -0.493 e. The van der Waals surface area contributed by atoms with E-state index in [2.05, 4.69) is 31.7 Å². The van der Waals surface area contributed by atoms with E-state index in [4.69, 9.17) is 24.2 Å². The zero-order valence-electron chi connectivity index (χ0n) is 21.4. The highest BCUT2D eigenvalue weighted by atomic mass is 16.5. The molecule has 10 heteroatoms. The lowest BCUT2D eigenvalue weighted by molar-refractivity contribution is 0.0604. The van der Waals surface area contributed by atoms with Crippen LogP contribution in [0, 0.1) is 0 Å². The molecule has 192 valence electrons. The highest BCUT2D eigenvalue weighted by Crippen LogP contribution is 2.36. The lowest BCUT2D eigenvalue weighted by Crippen LogP contribution is -2.53. The number of para-hydroxylation sites is 2. The van der Waals surface area contributed by atoms with Crippen LogP contribution in [0.5, 0.6) is 17.4 Å². The van der Waals surface area contributed by atoms with Crippen molar-refractivity contribution in [3.8, 4) is 17.4 Å². The van der Waals surface area contributed by atoms with Crippen LogP contribution < -0.4 is 19.1 Å². The number of hydrogen-bond donors (Lipinski definition) is 0. The second kappa shape index (κ2) is 9.95. The summed E-state index contributed by atoms with van der Waals surface area (Å²) in [7, 11) is 5.44. The number of rotatable bonds is 6. The van der Waals surface area contributed by atoms with E-state index < -0.39 is 0 Å². The van der Waals surface area contributed by atoms with Crippen molar-refractivity contribution in [1.29, 1.82) is 0 Å². The second-order valence-electron chi connectivity index (χ2n) is 9.59. The number of methoxy groups -OCH3 is 2. The van der Waals surface area contributed by atoms with Crippen LogP contribution >= 0.6 is 0 Å². The third-order valence-electron chi connectivity index (χ3n) is 7.36. The Balaban J connectivity index is 1.34. The normalized spacial score (nSPS) is 21.0. The fourth-order valence-corrected chi connectivity index (χ4v) is 5.32. The van der Waals surface area contributed by atoms with Gasteiger partial charge in [-0.25, -0.2) is 19.9 Å². The molecule has 4 aromatic rings. The average molecular weight is 502 g/mol. The molecule has 2 aliphatic heterocycles. The lowest BCUT2D eigenvalue weighted by atomic mass is 10.1. The van der Waals surface area contributed by atoms with Gasteiger partial charge < -0.3 is 24.0 Å². The van der Waals surface area contributed by atoms with Crippen LogP contribution in [0.3, 0.4) is 0 Å². The predicted molar refractivity (Wildman–Crippen MR) is 142 cm³/mol. The van der Waals surface area contributed by atoms with Gasteiger partial charge in [0.25, 0.3) is 0 Å². The second-order valence-corrected chi connectivity index (χ2v) is 9.59. The van der Waals surface area contributed by atoms with Gasteiger partial charge in [0.2, 0.25) is 5.88 Å². The maximum Gasteiger partial charge on any atom is 0.233 e. The summed E-state index contributed by atoms with van der Waals surface area (Å²) in [6, 6.07) is 11.9. The number of hydrogen-bond acceptors (Lipinski definition) is 10. The number of aromatic nitrogens is 4. The SMILES string of the molecule is COc1cc2ncnc(N3CC(Oc4cnc5ccccc5n4)C(N4CCN(C)CC4)C3)c2cc1OC. The van der Waals surface area contributed by atoms with Crippen LogP contribution in [-0.4, -0.2) is 102 Å². The average Bonchev–Trinajstić information content (AvgIpc) is 3.35. The van der Waals surface area contributed by atoms with Gasteiger partial charge in [-0.3, -0.25) is 4.90 Å². The van der Waals surface area contributed by atoms with Crippen molar-refractivity contribution in [3.05, 3.63) is 48.9 Å². The summed E-state index contributed by atoms with van der Waals surface area (Å²) < 4.78 is 17.6. The van der Waals surface area contributed by atoms with E-state index in [1.54, 1.807) is 26.7 Å². The highest BCUT2D eigenvalue weighted by Gasteiger charge is 2.40. The first kappa shape index (κ1) is 23.6. The minimum absolute atomic E-state index is 0.0935. The molecule has 0 saturated carbocycles. The molecular formula is C27H31N7O3. The first-order valence-electron chi connectivity index (χ1n) is 12.6. The molecule has 2 saturated heterocycles. The molecule has 2 aromatic carbocycles. The Labute approximate surface area is 215 Å². The maximum absolute atomic E-state index is 6.56. The van der Waals surface area contributed by atoms with Crippen molar-refractivity contribution in [3.63, 3.8) is 0 Å². The van der Waals surface area contributed by atoms with E-state index in [1.165, 1.54) is 0 Å². The van der Waals surface area contributed by atoms with Crippen molar-refractivity contribution in [2.75, 3.05) is 65.4 Å². The van der Waals surface area contributed by atoms with Gasteiger partial charge >= 0.3 is 0 Å². The van der Waals surface area contributed by atoms with Crippen molar-refractivity contribution < 1.29 is 14.2 Å². The molecule has 37 heavy (non-hydrogen) atoms. The van der Waals surface area contributed by atoms with Crippen LogP contribution in [-0.2, 0) is 0 Å². The summed E-state index contributed by atoms with van der Waals surface area (Å²) in [5, 5.41) is 0.920. The molecule has 0 spiro atoms. The molecule has 6 rings (SSSR count). The van der Waals surface area contributed by atoms with Crippen molar-refractivity contribution in [2.45, 2.75) is 12.1 Å². The van der Waals surface area contributed by atoms with Gasteiger partial charge in [0.15, 0.2) is 11.5 Å². The molecule has 2 fully saturated rings. The summed E-state index contributed by atoms with van der Waals surface area (Å²) in [4.78, 5) is 25.7. The number of piperazine rings is 1. The molecular weight excluding hydrogens is 470 g/mol. The molecule has 2 aromatic heterocycles. The summed E-state index contributed by atoms with van der Waals surface area (Å²) in [5.74, 6) is 2.71. The van der Waals surface area contributed by atoms with Gasteiger partial charge in [-0.05, 0) is 25.2 Å². The summed E-state index contributed by atoms with van der Waals surface area (Å²) in [6.45, 7) is 5.52. The van der Waals surface area contributed by atoms with Crippen molar-refractivity contribution in [2.24, 2.45) is 0 Å². The Morgan fingerprint density at radius 3 is 2.38 bits per heavy atom. The van der Waals surface area contributed by atoms with E-state index in [0.29, 0.717) is 23.9 Å². The Morgan fingerprint density at radius 2 is 1.59 bits per heavy atom. The number of ether oxygens (including phenoxy) is 3. The van der Waals surface area contributed by atoms with Crippen LogP contribution in [0.15, 0.2) is 48.9 Å². The standard InChI is InChI=1S/C27H31N7O3/c1-32-8-10-33(11-9-32)22-15-34(16-25(22)37-26-14-28-19-6-4-5-7-20(19)31-26)27-18-12-23(35-2)24(36-3)13-21(18)29-17-30-27/h4-7,12-14,17,22,25H,8-11,15-16H2,1-3H3. The van der Waals surface area contributed by atoms with Gasteiger partial charge in [-0.2, -0.15) is 0 Å². The van der Waals surface area contributed by atoms with Gasteiger partial charge in [0.05, 0.1) is 49.6 Å². The Kier molecular flexibility index (Phi) is 6.35. The van der Waals surface area contributed by atoms with E-state index in [-0.39, 0.29) is 12.1 Å². The van der Waals surface area contributed by atoms with Crippen LogP contribution in [0.2, 0.25) is 0 Å². The minimum atomic E-state index is -0.0935. The molecule has 2 atom stereocenters. The monoisotopic (exact) mass is 501 g/mol. The van der Waals surface area contributed by atoms with Gasteiger partial charge in [-0.1, -0.05) is 12.1 Å². The van der Waals surface area contributed by atoms with Crippen LogP contribution in [0.1, 0.15) is 0 Å². The quantitative estimate of drug-likeness (QED) is 0.393. The first-order chi connectivity index (χ1) is 18.1. The third-order valence-corrected chi connectivity index (χ3v) is 7.36. The fourth-order valence-electron chi connectivity index (χ4n) is 5.32. The summed E-state index contributed by atoms with van der Waals surface area (Å²) in [5.41, 5.74) is 2.49. The largest absolute Gasteiger partial charge is 0.493 e. The Morgan fingerprint density at radius 1 is 0.838 bits per heavy atom. The number of fused-ring (bicyclic) bond motifs is 2. The maximum atomic E-state index is 6.56. The zero-order chi connectivity index (χ0) is 25.4. The zero-order valence-corrected chi connectivity index (χ0v) is 21.4. The molecule has 2 aliphatic rings. The first-order valence-corrected chi connectivity index (χ1v) is 12.6. The molecule has 10 nitrogen and oxygen atoms in total. The Hall–Kier alpha value is -3.76. The van der Waals surface area contributed by atoms with Gasteiger partial charge in [0.1, 0.15) is 18.2 Å². The van der Waals surface area contributed by atoms with Crippen molar-refractivity contribution in [1.82, 2.24) is 29.7 Å². The van der Waals surface area contributed by atoms with Crippen LogP contribution in [0.25, 0.3) is 21.9 Å². The molecule has 0 bridgehead atoms. The van der Waals surface area contributed by atoms with Crippen molar-refractivity contribution >= 4 is 27.8 Å². The lowest BCUT2D eigenvalue weighted by Gasteiger charge is -2.38. The number of anilines is 1. The molecule has 4 heterocycles. The third kappa shape index (κ3) is 4.58. The van der Waals surface area contributed by atoms with Gasteiger partial charge in [-0.15, -0.1) is 0 Å². The smallest absolute Gasteiger partial charge is 0.233 e. The molecule has 0 aliphatic carbocycles. The van der Waals surface area contributed by atoms with Gasteiger partial charge in [0, 0.05) is 44.2 Å². The molecule has 2 unspecified atom stereocenters. The fraction of sp³-hybridized carbons (Fsp3) is 0.407. The van der Waals surface area contributed by atoms with E-state index >= 15 is 0 Å². The predicted octanol–water partition coefficient (Wildman–Crippen LogP) is 2.47. The number of likely N-dealkylation sites (N-methyl/N-ethyl adjacent to an activating group) is 1.